The van der Waals surface area contributed by atoms with E-state index in [4.69, 9.17) is 9.52 Å². The van der Waals surface area contributed by atoms with Gasteiger partial charge in [-0.1, -0.05) is 0 Å². The Labute approximate surface area is 166 Å². The second-order valence-electron chi connectivity index (χ2n) is 6.48. The topological polar surface area (TPSA) is 101 Å². The normalized spacial score (nSPS) is 13.5. The van der Waals surface area contributed by atoms with E-state index in [1.807, 2.05) is 26.0 Å². The molecule has 27 heavy (non-hydrogen) atoms. The summed E-state index contributed by atoms with van der Waals surface area (Å²) in [5.74, 6) is 1.40. The Kier molecular flexibility index (Phi) is 5.61. The molecule has 9 heteroatoms. The smallest absolute Gasteiger partial charge is 0.137 e. The van der Waals surface area contributed by atoms with Crippen molar-refractivity contribution in [1.29, 1.82) is 4.78 Å². The number of benzene rings is 1. The molecule has 1 aromatic carbocycles. The molecule has 1 atom stereocenters. The van der Waals surface area contributed by atoms with Gasteiger partial charge < -0.3 is 10.1 Å². The van der Waals surface area contributed by atoms with Crippen molar-refractivity contribution in [3.63, 3.8) is 0 Å². The summed E-state index contributed by atoms with van der Waals surface area (Å²) in [5.41, 5.74) is 1.51. The Morgan fingerprint density at radius 1 is 1.26 bits per heavy atom. The van der Waals surface area contributed by atoms with Crippen LogP contribution in [0.1, 0.15) is 19.4 Å². The second kappa shape index (κ2) is 7.77. The van der Waals surface area contributed by atoms with Crippen molar-refractivity contribution in [2.24, 2.45) is 0 Å². The number of rotatable bonds is 6. The Hall–Kier alpha value is -2.26. The van der Waals surface area contributed by atoms with Gasteiger partial charge in [0.15, 0.2) is 0 Å². The number of aromatic nitrogens is 3. The minimum absolute atomic E-state index is 0.239. The Morgan fingerprint density at radius 3 is 2.74 bits per heavy atom. The van der Waals surface area contributed by atoms with Crippen LogP contribution in [0, 0.1) is 4.78 Å². The van der Waals surface area contributed by atoms with Crippen molar-refractivity contribution in [1.82, 2.24) is 15.0 Å². The largest absolute Gasteiger partial charge is 0.488 e. The van der Waals surface area contributed by atoms with Crippen molar-refractivity contribution in [3.8, 4) is 5.75 Å². The number of fused-ring (bicyclic) bond motifs is 1. The second-order valence-corrected chi connectivity index (χ2v) is 9.50. The Balaban J connectivity index is 1.87. The summed E-state index contributed by atoms with van der Waals surface area (Å²) in [7, 11) is -2.81. The lowest BCUT2D eigenvalue weighted by atomic mass is 10.2. The van der Waals surface area contributed by atoms with E-state index >= 15 is 0 Å². The lowest BCUT2D eigenvalue weighted by Crippen LogP contribution is -2.11. The summed E-state index contributed by atoms with van der Waals surface area (Å²) < 4.78 is 26.2. The standard InChI is InChI=1S/C18H20BrN5O2S/c1-11(2)24-18-14-5-15(19)17(6-16(14)22-10-23-18)26-9-12-4-13(8-21-7-12)27(3,20)25/h4-8,10-11,20H,9H2,1-3H3,(H,22,23,24). The van der Waals surface area contributed by atoms with Gasteiger partial charge in [-0.05, 0) is 41.9 Å². The van der Waals surface area contributed by atoms with Crippen molar-refractivity contribution in [3.05, 3.63) is 47.0 Å². The SMILES string of the molecule is CC(C)Nc1ncnc2cc(OCc3cncc(S(C)(=N)=O)c3)c(Br)cc12. The lowest BCUT2D eigenvalue weighted by Gasteiger charge is -2.13. The third-order valence-corrected chi connectivity index (χ3v) is 5.47. The van der Waals surface area contributed by atoms with E-state index in [-0.39, 0.29) is 12.6 Å². The van der Waals surface area contributed by atoms with E-state index in [9.17, 15) is 4.21 Å². The molecule has 2 aromatic heterocycles. The summed E-state index contributed by atoms with van der Waals surface area (Å²) in [6, 6.07) is 5.71. The van der Waals surface area contributed by atoms with E-state index in [1.165, 1.54) is 18.8 Å². The number of nitrogens with one attached hydrogen (secondary N) is 2. The van der Waals surface area contributed by atoms with Crippen molar-refractivity contribution >= 4 is 42.4 Å². The molecule has 0 amide bonds. The monoisotopic (exact) mass is 449 g/mol. The molecule has 3 rings (SSSR count). The number of halogens is 1. The molecule has 0 saturated heterocycles. The zero-order valence-corrected chi connectivity index (χ0v) is 17.6. The van der Waals surface area contributed by atoms with Crippen LogP contribution in [0.3, 0.4) is 0 Å². The molecule has 0 aliphatic rings. The van der Waals surface area contributed by atoms with Crippen LogP contribution in [-0.4, -0.2) is 31.5 Å². The van der Waals surface area contributed by atoms with Gasteiger partial charge in [-0.3, -0.25) is 4.98 Å². The van der Waals surface area contributed by atoms with Crippen LogP contribution in [0.5, 0.6) is 5.75 Å². The van der Waals surface area contributed by atoms with E-state index in [1.54, 1.807) is 12.3 Å². The first-order valence-corrected chi connectivity index (χ1v) is 11.0. The number of pyridine rings is 1. The van der Waals surface area contributed by atoms with Gasteiger partial charge >= 0.3 is 0 Å². The molecule has 0 fully saturated rings. The van der Waals surface area contributed by atoms with Crippen molar-refractivity contribution in [2.75, 3.05) is 11.6 Å². The molecule has 7 nitrogen and oxygen atoms in total. The first-order chi connectivity index (χ1) is 12.7. The lowest BCUT2D eigenvalue weighted by molar-refractivity contribution is 0.304. The van der Waals surface area contributed by atoms with Gasteiger partial charge in [0, 0.05) is 41.7 Å². The first kappa shape index (κ1) is 19.5. The molecular formula is C18H20BrN5O2S. The van der Waals surface area contributed by atoms with Crippen molar-refractivity contribution < 1.29 is 8.95 Å². The minimum Gasteiger partial charge on any atom is -0.488 e. The summed E-state index contributed by atoms with van der Waals surface area (Å²) in [6.45, 7) is 4.34. The average molecular weight is 450 g/mol. The highest BCUT2D eigenvalue weighted by molar-refractivity contribution is 9.10. The third kappa shape index (κ3) is 4.72. The predicted octanol–water partition coefficient (Wildman–Crippen LogP) is 4.22. The third-order valence-electron chi connectivity index (χ3n) is 3.73. The summed E-state index contributed by atoms with van der Waals surface area (Å²) in [6.07, 6.45) is 5.97. The minimum atomic E-state index is -2.81. The molecule has 0 bridgehead atoms. The maximum Gasteiger partial charge on any atom is 0.137 e. The van der Waals surface area contributed by atoms with E-state index in [0.717, 1.165) is 26.8 Å². The van der Waals surface area contributed by atoms with Crippen LogP contribution >= 0.6 is 15.9 Å². The molecule has 3 aromatic rings. The van der Waals surface area contributed by atoms with Crippen LogP contribution in [0.4, 0.5) is 5.82 Å². The number of hydrogen-bond donors (Lipinski definition) is 2. The summed E-state index contributed by atoms with van der Waals surface area (Å²) in [5, 5.41) is 4.20. The zero-order valence-electron chi connectivity index (χ0n) is 15.2. The molecule has 0 saturated carbocycles. The van der Waals surface area contributed by atoms with Crippen LogP contribution in [0.25, 0.3) is 10.9 Å². The quantitative estimate of drug-likeness (QED) is 0.583. The Bertz CT molecular complexity index is 1090. The van der Waals surface area contributed by atoms with Gasteiger partial charge in [0.25, 0.3) is 0 Å². The zero-order chi connectivity index (χ0) is 19.6. The molecule has 0 spiro atoms. The number of ether oxygens (including phenoxy) is 1. The van der Waals surface area contributed by atoms with E-state index in [2.05, 4.69) is 36.2 Å². The highest BCUT2D eigenvalue weighted by atomic mass is 79.9. The van der Waals surface area contributed by atoms with Gasteiger partial charge in [0.1, 0.15) is 24.5 Å². The number of nitrogens with zero attached hydrogens (tertiary/aromatic N) is 3. The van der Waals surface area contributed by atoms with Crippen LogP contribution < -0.4 is 10.1 Å². The van der Waals surface area contributed by atoms with Gasteiger partial charge in [-0.2, -0.15) is 0 Å². The van der Waals surface area contributed by atoms with Gasteiger partial charge in [0.2, 0.25) is 0 Å². The molecule has 0 aliphatic heterocycles. The maximum absolute atomic E-state index is 11.9. The molecule has 1 unspecified atom stereocenters. The number of hydrogen-bond acceptors (Lipinski definition) is 7. The molecular weight excluding hydrogens is 430 g/mol. The molecule has 0 radical (unpaired) electrons. The average Bonchev–Trinajstić information content (AvgIpc) is 2.60. The van der Waals surface area contributed by atoms with Crippen LogP contribution in [-0.2, 0) is 16.3 Å². The molecule has 2 N–H and O–H groups in total. The Morgan fingerprint density at radius 2 is 2.04 bits per heavy atom. The van der Waals surface area contributed by atoms with Crippen LogP contribution in [0.15, 0.2) is 46.3 Å². The highest BCUT2D eigenvalue weighted by Crippen LogP contribution is 2.32. The summed E-state index contributed by atoms with van der Waals surface area (Å²) in [4.78, 5) is 13.1. The highest BCUT2D eigenvalue weighted by Gasteiger charge is 2.11. The fourth-order valence-corrected chi connectivity index (χ4v) is 3.57. The number of anilines is 1. The molecule has 142 valence electrons. The van der Waals surface area contributed by atoms with Crippen LogP contribution in [0.2, 0.25) is 0 Å². The molecule has 2 heterocycles. The van der Waals surface area contributed by atoms with E-state index in [0.29, 0.717) is 10.6 Å². The molecule has 0 aliphatic carbocycles. The van der Waals surface area contributed by atoms with Crippen molar-refractivity contribution in [2.45, 2.75) is 31.4 Å². The predicted molar refractivity (Wildman–Crippen MR) is 110 cm³/mol. The maximum atomic E-state index is 11.9. The van der Waals surface area contributed by atoms with Gasteiger partial charge in [-0.25, -0.2) is 19.0 Å². The van der Waals surface area contributed by atoms with Gasteiger partial charge in [0.05, 0.1) is 24.6 Å². The first-order valence-electron chi connectivity index (χ1n) is 8.25. The fraction of sp³-hybridized carbons (Fsp3) is 0.278. The fourth-order valence-electron chi connectivity index (χ4n) is 2.47. The van der Waals surface area contributed by atoms with E-state index < -0.39 is 9.73 Å². The van der Waals surface area contributed by atoms with Gasteiger partial charge in [-0.15, -0.1) is 0 Å². The summed E-state index contributed by atoms with van der Waals surface area (Å²) >= 11 is 3.54.